The minimum Gasteiger partial charge on any atom is -0.469 e. The van der Waals surface area contributed by atoms with E-state index < -0.39 is 17.5 Å². The first-order valence-electron chi connectivity index (χ1n) is 15.2. The van der Waals surface area contributed by atoms with E-state index in [1.165, 1.54) is 21.3 Å². The van der Waals surface area contributed by atoms with Crippen molar-refractivity contribution in [1.82, 2.24) is 19.9 Å². The number of aliphatic hydroxyl groups is 1. The van der Waals surface area contributed by atoms with Crippen LogP contribution >= 0.6 is 0 Å². The third-order valence-electron chi connectivity index (χ3n) is 9.13. The lowest BCUT2D eigenvalue weighted by Gasteiger charge is -2.26. The molecule has 0 radical (unpaired) electrons. The van der Waals surface area contributed by atoms with Gasteiger partial charge in [0.1, 0.15) is 6.10 Å². The van der Waals surface area contributed by atoms with Gasteiger partial charge in [-0.3, -0.25) is 19.4 Å². The summed E-state index contributed by atoms with van der Waals surface area (Å²) in [5.41, 5.74) is 8.90. The summed E-state index contributed by atoms with van der Waals surface area (Å²) < 4.78 is 14.8. The second-order valence-corrected chi connectivity index (χ2v) is 12.1. The van der Waals surface area contributed by atoms with Crippen molar-refractivity contribution in [2.24, 2.45) is 0 Å². The Bertz CT molecular complexity index is 1920. The van der Waals surface area contributed by atoms with Crippen molar-refractivity contribution in [3.05, 3.63) is 69.8 Å². The van der Waals surface area contributed by atoms with Gasteiger partial charge in [0, 0.05) is 34.9 Å². The van der Waals surface area contributed by atoms with Gasteiger partial charge in [0.05, 0.1) is 55.9 Å². The monoisotopic (exact) mass is 628 g/mol. The molecule has 46 heavy (non-hydrogen) atoms. The smallest absolute Gasteiger partial charge is 0.306 e. The van der Waals surface area contributed by atoms with Crippen LogP contribution in [0.2, 0.25) is 0 Å². The highest BCUT2D eigenvalue weighted by molar-refractivity contribution is 5.93. The Kier molecular flexibility index (Phi) is 9.16. The molecule has 3 aromatic heterocycles. The van der Waals surface area contributed by atoms with Gasteiger partial charge in [0.15, 0.2) is 0 Å². The molecule has 0 aromatic carbocycles. The van der Waals surface area contributed by atoms with E-state index in [2.05, 4.69) is 9.97 Å². The zero-order chi connectivity index (χ0) is 33.3. The molecule has 3 aromatic rings. The molecule has 3 N–H and O–H groups in total. The fraction of sp³-hybridized carbons (Fsp3) is 0.400. The minimum absolute atomic E-state index is 0.0865. The molecule has 0 aliphatic carbocycles. The zero-order valence-electron chi connectivity index (χ0n) is 27.3. The van der Waals surface area contributed by atoms with Crippen LogP contribution in [0.3, 0.4) is 0 Å². The van der Waals surface area contributed by atoms with Crippen LogP contribution in [0.15, 0.2) is 30.3 Å². The van der Waals surface area contributed by atoms with Crippen molar-refractivity contribution in [2.75, 3.05) is 21.3 Å². The molecule has 0 fully saturated rings. The third kappa shape index (κ3) is 6.19. The molecule has 5 heterocycles. The van der Waals surface area contributed by atoms with Gasteiger partial charge in [-0.2, -0.15) is 0 Å². The average molecular weight is 629 g/mol. The molecule has 0 spiro atoms. The lowest BCUT2D eigenvalue weighted by molar-refractivity contribution is -0.143. The molecule has 11 heteroatoms. The van der Waals surface area contributed by atoms with E-state index in [0.717, 1.165) is 50.1 Å². The number of aliphatic hydroxyl groups excluding tert-OH is 1. The number of nitrogens with one attached hydrogen (secondary N) is 2. The van der Waals surface area contributed by atoms with E-state index in [4.69, 9.17) is 24.2 Å². The van der Waals surface area contributed by atoms with Crippen molar-refractivity contribution in [3.8, 4) is 0 Å². The number of hydrogen-bond donors (Lipinski definition) is 3. The third-order valence-corrected chi connectivity index (χ3v) is 9.13. The molecular weight excluding hydrogens is 588 g/mol. The Morgan fingerprint density at radius 1 is 0.804 bits per heavy atom. The van der Waals surface area contributed by atoms with Gasteiger partial charge in [-0.05, 0) is 91.8 Å². The summed E-state index contributed by atoms with van der Waals surface area (Å²) in [4.78, 5) is 53.7. The first kappa shape index (κ1) is 32.6. The van der Waals surface area contributed by atoms with E-state index in [1.54, 1.807) is 13.0 Å². The van der Waals surface area contributed by atoms with E-state index in [9.17, 15) is 19.5 Å². The number of ether oxygens (including phenoxy) is 3. The number of nitrogens with zero attached hydrogens (tertiary/aromatic N) is 2. The van der Waals surface area contributed by atoms with Gasteiger partial charge in [0.25, 0.3) is 0 Å². The molecule has 242 valence electrons. The number of carbonyl (C=O) groups is 3. The number of hydrogen-bond acceptors (Lipinski definition) is 9. The molecule has 5 rings (SSSR count). The molecule has 2 aliphatic rings. The quantitative estimate of drug-likeness (QED) is 0.217. The Balaban J connectivity index is 1.86. The molecule has 0 amide bonds. The van der Waals surface area contributed by atoms with Gasteiger partial charge in [-0.15, -0.1) is 0 Å². The van der Waals surface area contributed by atoms with Crippen LogP contribution in [-0.2, 0) is 40.4 Å². The van der Waals surface area contributed by atoms with Crippen molar-refractivity contribution >= 4 is 51.1 Å². The summed E-state index contributed by atoms with van der Waals surface area (Å²) in [6.45, 7) is 7.70. The number of rotatable bonds is 8. The van der Waals surface area contributed by atoms with Crippen LogP contribution in [0.4, 0.5) is 0 Å². The van der Waals surface area contributed by atoms with Crippen molar-refractivity contribution < 1.29 is 33.7 Å². The van der Waals surface area contributed by atoms with Crippen LogP contribution in [0.5, 0.6) is 0 Å². The van der Waals surface area contributed by atoms with Gasteiger partial charge >= 0.3 is 17.9 Å². The number of aryl methyl sites for hydroxylation is 3. The lowest BCUT2D eigenvalue weighted by atomic mass is 9.78. The average Bonchev–Trinajstić information content (AvgIpc) is 3.69. The van der Waals surface area contributed by atoms with Crippen LogP contribution < -0.4 is 0 Å². The highest BCUT2D eigenvalue weighted by Crippen LogP contribution is 2.44. The number of carbonyl (C=O) groups excluding carboxylic acids is 3. The largest absolute Gasteiger partial charge is 0.469 e. The van der Waals surface area contributed by atoms with Gasteiger partial charge in [-0.25, -0.2) is 4.98 Å². The molecular formula is C35H40N4O7. The van der Waals surface area contributed by atoms with E-state index >= 15 is 0 Å². The fourth-order valence-corrected chi connectivity index (χ4v) is 6.19. The number of aromatic nitrogens is 4. The second-order valence-electron chi connectivity index (χ2n) is 12.1. The number of H-pyrrole nitrogens is 2. The first-order valence-corrected chi connectivity index (χ1v) is 15.2. The summed E-state index contributed by atoms with van der Waals surface area (Å²) in [6.07, 6.45) is 0.0241. The maximum absolute atomic E-state index is 12.6. The van der Waals surface area contributed by atoms with E-state index in [-0.39, 0.29) is 31.2 Å². The molecule has 0 unspecified atom stereocenters. The molecule has 2 aliphatic heterocycles. The molecule has 11 nitrogen and oxygen atoms in total. The van der Waals surface area contributed by atoms with Gasteiger partial charge < -0.3 is 29.3 Å². The molecule has 0 saturated carbocycles. The Labute approximate surface area is 267 Å². The van der Waals surface area contributed by atoms with Crippen molar-refractivity contribution in [3.63, 3.8) is 0 Å². The topological polar surface area (TPSA) is 156 Å². The summed E-state index contributed by atoms with van der Waals surface area (Å²) in [5.74, 6) is -1.11. The Hall–Kier alpha value is -4.77. The summed E-state index contributed by atoms with van der Waals surface area (Å²) in [7, 11) is 4.05. The Morgan fingerprint density at radius 2 is 1.48 bits per heavy atom. The van der Waals surface area contributed by atoms with Gasteiger partial charge in [-0.1, -0.05) is 6.92 Å². The number of esters is 3. The van der Waals surface area contributed by atoms with E-state index in [1.807, 2.05) is 45.0 Å². The van der Waals surface area contributed by atoms with Crippen molar-refractivity contribution in [1.29, 1.82) is 0 Å². The molecule has 2 atom stereocenters. The number of fused-ring (bicyclic) bond motifs is 8. The SMILES string of the molecule is COC(=O)CCC1=C(C)c2cc3cc(C)c(cc4nc(cc5[nH]c(cc1n2)c(CCC(=O)OC)c5C)[C@@](C)(CC(=O)OC)[C@@H]4O)[nH]3. The normalized spacial score (nSPS) is 17.6. The Morgan fingerprint density at radius 3 is 2.15 bits per heavy atom. The maximum Gasteiger partial charge on any atom is 0.306 e. The predicted molar refractivity (Wildman–Crippen MR) is 173 cm³/mol. The van der Waals surface area contributed by atoms with Crippen LogP contribution in [0.25, 0.3) is 33.2 Å². The van der Waals surface area contributed by atoms with Crippen LogP contribution in [0, 0.1) is 13.8 Å². The van der Waals surface area contributed by atoms with E-state index in [0.29, 0.717) is 35.4 Å². The van der Waals surface area contributed by atoms with Crippen LogP contribution in [-0.4, -0.2) is 64.3 Å². The number of aromatic amines is 2. The highest BCUT2D eigenvalue weighted by Gasteiger charge is 2.44. The number of allylic oxidation sites excluding steroid dienone is 2. The zero-order valence-corrected chi connectivity index (χ0v) is 27.3. The minimum atomic E-state index is -1.08. The van der Waals surface area contributed by atoms with Crippen LogP contribution in [0.1, 0.15) is 85.1 Å². The highest BCUT2D eigenvalue weighted by atomic mass is 16.5. The summed E-state index contributed by atoms with van der Waals surface area (Å²) in [5, 5.41) is 11.6. The summed E-state index contributed by atoms with van der Waals surface area (Å²) >= 11 is 0. The van der Waals surface area contributed by atoms with Crippen molar-refractivity contribution in [2.45, 2.75) is 71.3 Å². The summed E-state index contributed by atoms with van der Waals surface area (Å²) in [6, 6.07) is 9.54. The molecule has 8 bridgehead atoms. The lowest BCUT2D eigenvalue weighted by Crippen LogP contribution is -2.30. The molecule has 0 saturated heterocycles. The predicted octanol–water partition coefficient (Wildman–Crippen LogP) is 5.48. The standard InChI is InChI=1S/C35H40N4O7/c1-18-12-21-13-25-19(2)22(8-10-31(40)44-5)27(37-25)15-28-23(9-11-32(41)45-6)20(3)26(38-28)16-30-35(4,17-33(42)46-7)34(43)29(39-30)14-24(18)36-21/h12-16,34,36,38,43H,8-11,17H2,1-7H3/t34-,35-/m1/s1. The van der Waals surface area contributed by atoms with Gasteiger partial charge in [0.2, 0.25) is 0 Å². The second kappa shape index (κ2) is 12.9. The number of methoxy groups -OCH3 is 3. The fourth-order valence-electron chi connectivity index (χ4n) is 6.19. The first-order chi connectivity index (χ1) is 21.9. The maximum atomic E-state index is 12.6.